The molecule has 0 saturated carbocycles. The fourth-order valence-corrected chi connectivity index (χ4v) is 4.14. The Morgan fingerprint density at radius 1 is 1.17 bits per heavy atom. The highest BCUT2D eigenvalue weighted by molar-refractivity contribution is 5.79. The summed E-state index contributed by atoms with van der Waals surface area (Å²) in [5, 5.41) is 0. The standard InChI is InChI=1S/C18H23FN2O3/c19-15-4-2-1-3-13(15)9-20-10-16-17(11-20)24-12-18(22)21(16)14-5-7-23-8-6-14/h1-4,14,16-17H,5-12H2/t16-,17-/m0/s1. The highest BCUT2D eigenvalue weighted by Crippen LogP contribution is 2.29. The average molecular weight is 334 g/mol. The van der Waals surface area contributed by atoms with E-state index in [-0.39, 0.29) is 36.5 Å². The van der Waals surface area contributed by atoms with Gasteiger partial charge in [-0.05, 0) is 18.9 Å². The molecular formula is C18H23FN2O3. The SMILES string of the molecule is O=C1CO[C@H]2CN(Cc3ccccc3F)C[C@@H]2N1C1CCOCC1. The number of hydrogen-bond donors (Lipinski definition) is 0. The predicted molar refractivity (Wildman–Crippen MR) is 85.9 cm³/mol. The maximum absolute atomic E-state index is 13.9. The molecule has 5 nitrogen and oxygen atoms in total. The van der Waals surface area contributed by atoms with E-state index in [0.29, 0.717) is 25.3 Å². The first-order chi connectivity index (χ1) is 11.7. The molecular weight excluding hydrogens is 311 g/mol. The van der Waals surface area contributed by atoms with Gasteiger partial charge in [0.1, 0.15) is 12.4 Å². The Hall–Kier alpha value is -1.50. The van der Waals surface area contributed by atoms with E-state index in [1.807, 2.05) is 17.0 Å². The summed E-state index contributed by atoms with van der Waals surface area (Å²) in [4.78, 5) is 16.7. The van der Waals surface area contributed by atoms with Gasteiger partial charge in [0.15, 0.2) is 0 Å². The van der Waals surface area contributed by atoms with E-state index in [1.54, 1.807) is 6.07 Å². The van der Waals surface area contributed by atoms with Gasteiger partial charge < -0.3 is 14.4 Å². The van der Waals surface area contributed by atoms with Gasteiger partial charge in [-0.2, -0.15) is 0 Å². The Kier molecular flexibility index (Phi) is 4.52. The van der Waals surface area contributed by atoms with Crippen LogP contribution >= 0.6 is 0 Å². The Labute approximate surface area is 141 Å². The monoisotopic (exact) mass is 334 g/mol. The number of morpholine rings is 1. The van der Waals surface area contributed by atoms with Crippen LogP contribution in [-0.4, -0.2) is 66.8 Å². The Balaban J connectivity index is 1.47. The van der Waals surface area contributed by atoms with Gasteiger partial charge in [0.05, 0.1) is 12.1 Å². The van der Waals surface area contributed by atoms with Crippen LogP contribution in [0.1, 0.15) is 18.4 Å². The van der Waals surface area contributed by atoms with Crippen molar-refractivity contribution in [1.82, 2.24) is 9.80 Å². The van der Waals surface area contributed by atoms with Crippen molar-refractivity contribution in [2.75, 3.05) is 32.9 Å². The number of fused-ring (bicyclic) bond motifs is 1. The number of halogens is 1. The first-order valence-electron chi connectivity index (χ1n) is 8.68. The molecule has 2 atom stereocenters. The van der Waals surface area contributed by atoms with Gasteiger partial charge in [-0.25, -0.2) is 4.39 Å². The molecule has 6 heteroatoms. The number of hydrogen-bond acceptors (Lipinski definition) is 4. The van der Waals surface area contributed by atoms with Crippen LogP contribution in [0, 0.1) is 5.82 Å². The van der Waals surface area contributed by atoms with Crippen molar-refractivity contribution in [3.8, 4) is 0 Å². The number of rotatable bonds is 3. The summed E-state index contributed by atoms with van der Waals surface area (Å²) in [7, 11) is 0. The number of amides is 1. The molecule has 0 aliphatic carbocycles. The second kappa shape index (κ2) is 6.78. The fraction of sp³-hybridized carbons (Fsp3) is 0.611. The number of carbonyl (C=O) groups is 1. The molecule has 0 N–H and O–H groups in total. The highest BCUT2D eigenvalue weighted by Gasteiger charge is 2.45. The number of nitrogens with zero attached hydrogens (tertiary/aromatic N) is 2. The van der Waals surface area contributed by atoms with Gasteiger partial charge in [-0.15, -0.1) is 0 Å². The van der Waals surface area contributed by atoms with Crippen molar-refractivity contribution in [2.45, 2.75) is 37.6 Å². The molecule has 1 aromatic rings. The molecule has 0 radical (unpaired) electrons. The maximum Gasteiger partial charge on any atom is 0.249 e. The molecule has 3 aliphatic heterocycles. The van der Waals surface area contributed by atoms with E-state index in [0.717, 1.165) is 25.9 Å². The third-order valence-corrected chi connectivity index (χ3v) is 5.31. The van der Waals surface area contributed by atoms with Crippen molar-refractivity contribution in [1.29, 1.82) is 0 Å². The molecule has 3 fully saturated rings. The Morgan fingerprint density at radius 2 is 1.96 bits per heavy atom. The number of ether oxygens (including phenoxy) is 2. The van der Waals surface area contributed by atoms with Gasteiger partial charge in [-0.1, -0.05) is 18.2 Å². The summed E-state index contributed by atoms with van der Waals surface area (Å²) < 4.78 is 25.1. The third-order valence-electron chi connectivity index (χ3n) is 5.31. The van der Waals surface area contributed by atoms with Crippen LogP contribution in [0.4, 0.5) is 4.39 Å². The van der Waals surface area contributed by atoms with E-state index in [9.17, 15) is 9.18 Å². The summed E-state index contributed by atoms with van der Waals surface area (Å²) >= 11 is 0. The number of benzene rings is 1. The fourth-order valence-electron chi connectivity index (χ4n) is 4.14. The van der Waals surface area contributed by atoms with Crippen molar-refractivity contribution in [3.05, 3.63) is 35.6 Å². The van der Waals surface area contributed by atoms with E-state index in [2.05, 4.69) is 4.90 Å². The maximum atomic E-state index is 13.9. The smallest absolute Gasteiger partial charge is 0.249 e. The van der Waals surface area contributed by atoms with Crippen molar-refractivity contribution >= 4 is 5.91 Å². The lowest BCUT2D eigenvalue weighted by Crippen LogP contribution is -2.58. The van der Waals surface area contributed by atoms with E-state index < -0.39 is 0 Å². The van der Waals surface area contributed by atoms with Crippen molar-refractivity contribution in [2.24, 2.45) is 0 Å². The molecule has 0 bridgehead atoms. The molecule has 0 aromatic heterocycles. The highest BCUT2D eigenvalue weighted by atomic mass is 19.1. The van der Waals surface area contributed by atoms with Crippen LogP contribution in [-0.2, 0) is 20.8 Å². The predicted octanol–water partition coefficient (Wildman–Crippen LogP) is 1.42. The molecule has 4 rings (SSSR count). The normalized spacial score (nSPS) is 29.0. The summed E-state index contributed by atoms with van der Waals surface area (Å²) in [6, 6.07) is 7.19. The Morgan fingerprint density at radius 3 is 2.75 bits per heavy atom. The minimum Gasteiger partial charge on any atom is -0.381 e. The van der Waals surface area contributed by atoms with E-state index in [4.69, 9.17) is 9.47 Å². The lowest BCUT2D eigenvalue weighted by atomic mass is 10.0. The first kappa shape index (κ1) is 16.0. The third kappa shape index (κ3) is 3.06. The van der Waals surface area contributed by atoms with Gasteiger partial charge >= 0.3 is 0 Å². The van der Waals surface area contributed by atoms with Crippen LogP contribution in [0.25, 0.3) is 0 Å². The zero-order valence-electron chi connectivity index (χ0n) is 13.7. The lowest BCUT2D eigenvalue weighted by Gasteiger charge is -2.43. The molecule has 1 amide bonds. The van der Waals surface area contributed by atoms with Crippen molar-refractivity contribution < 1.29 is 18.7 Å². The first-order valence-corrected chi connectivity index (χ1v) is 8.68. The molecule has 0 unspecified atom stereocenters. The van der Waals surface area contributed by atoms with Crippen LogP contribution in [0.15, 0.2) is 24.3 Å². The summed E-state index contributed by atoms with van der Waals surface area (Å²) in [6.07, 6.45) is 1.81. The minimum atomic E-state index is -0.175. The minimum absolute atomic E-state index is 0.0253. The zero-order chi connectivity index (χ0) is 16.5. The van der Waals surface area contributed by atoms with Crippen LogP contribution < -0.4 is 0 Å². The molecule has 24 heavy (non-hydrogen) atoms. The molecule has 3 aliphatic rings. The summed E-state index contributed by atoms with van der Waals surface area (Å²) in [5.74, 6) is -0.0958. The van der Waals surface area contributed by atoms with Crippen LogP contribution in [0.3, 0.4) is 0 Å². The molecule has 0 spiro atoms. The van der Waals surface area contributed by atoms with E-state index in [1.165, 1.54) is 6.07 Å². The van der Waals surface area contributed by atoms with Crippen LogP contribution in [0.2, 0.25) is 0 Å². The molecule has 1 aromatic carbocycles. The van der Waals surface area contributed by atoms with Gasteiger partial charge in [0.2, 0.25) is 5.91 Å². The van der Waals surface area contributed by atoms with Gasteiger partial charge in [-0.3, -0.25) is 9.69 Å². The summed E-state index contributed by atoms with van der Waals surface area (Å²) in [5.41, 5.74) is 0.695. The largest absolute Gasteiger partial charge is 0.381 e. The van der Waals surface area contributed by atoms with Crippen molar-refractivity contribution in [3.63, 3.8) is 0 Å². The van der Waals surface area contributed by atoms with E-state index >= 15 is 0 Å². The summed E-state index contributed by atoms with van der Waals surface area (Å²) in [6.45, 7) is 3.62. The average Bonchev–Trinajstić information content (AvgIpc) is 3.00. The second-order valence-corrected chi connectivity index (χ2v) is 6.85. The molecule has 130 valence electrons. The molecule has 3 heterocycles. The van der Waals surface area contributed by atoms with Gasteiger partial charge in [0, 0.05) is 44.5 Å². The second-order valence-electron chi connectivity index (χ2n) is 6.85. The molecule has 3 saturated heterocycles. The number of carbonyl (C=O) groups excluding carboxylic acids is 1. The van der Waals surface area contributed by atoms with Gasteiger partial charge in [0.25, 0.3) is 0 Å². The Bertz CT molecular complexity index is 606. The topological polar surface area (TPSA) is 42.0 Å². The lowest BCUT2D eigenvalue weighted by molar-refractivity contribution is -0.159. The quantitative estimate of drug-likeness (QED) is 0.838. The van der Waals surface area contributed by atoms with Crippen LogP contribution in [0.5, 0.6) is 0 Å². The zero-order valence-corrected chi connectivity index (χ0v) is 13.7. The number of likely N-dealkylation sites (tertiary alicyclic amines) is 1.